The molecule has 1 rings (SSSR count). The van der Waals surface area contributed by atoms with Gasteiger partial charge < -0.3 is 4.74 Å². The van der Waals surface area contributed by atoms with E-state index in [1.165, 1.54) is 6.08 Å². The number of hydrogen-bond acceptors (Lipinski definition) is 1. The number of hydrogen-bond donors (Lipinski definition) is 0. The molecule has 0 bridgehead atoms. The van der Waals surface area contributed by atoms with E-state index in [0.717, 1.165) is 12.1 Å². The Morgan fingerprint density at radius 3 is 2.92 bits per heavy atom. The first-order chi connectivity index (χ1) is 5.75. The Morgan fingerprint density at radius 1 is 1.58 bits per heavy atom. The topological polar surface area (TPSA) is 9.23 Å². The molecule has 0 saturated carbocycles. The maximum atomic E-state index is 12.8. The highest BCUT2D eigenvalue weighted by Gasteiger charge is 2.08. The Kier molecular flexibility index (Phi) is 2.80. The minimum atomic E-state index is -0.822. The van der Waals surface area contributed by atoms with Gasteiger partial charge in [0.25, 0.3) is 0 Å². The van der Waals surface area contributed by atoms with Gasteiger partial charge >= 0.3 is 0 Å². The first-order valence-electron chi connectivity index (χ1n) is 3.35. The van der Waals surface area contributed by atoms with Crippen LogP contribution in [0.15, 0.2) is 24.8 Å². The van der Waals surface area contributed by atoms with Crippen LogP contribution in [0.2, 0.25) is 0 Å². The molecule has 63 valence electrons. The fourth-order valence-corrected chi connectivity index (χ4v) is 0.709. The molecular formula is C9H7F2O. The average molecular weight is 169 g/mol. The monoisotopic (exact) mass is 169 g/mol. The lowest BCUT2D eigenvalue weighted by Crippen LogP contribution is -1.98. The van der Waals surface area contributed by atoms with Crippen molar-refractivity contribution in [2.45, 2.75) is 0 Å². The molecule has 0 aliphatic carbocycles. The van der Waals surface area contributed by atoms with Gasteiger partial charge in [-0.05, 0) is 12.1 Å². The molecule has 3 heteroatoms. The molecule has 0 aliphatic rings. The molecule has 12 heavy (non-hydrogen) atoms. The van der Waals surface area contributed by atoms with E-state index in [4.69, 9.17) is 4.74 Å². The van der Waals surface area contributed by atoms with Crippen molar-refractivity contribution >= 4 is 0 Å². The van der Waals surface area contributed by atoms with Crippen molar-refractivity contribution < 1.29 is 13.5 Å². The van der Waals surface area contributed by atoms with Crippen LogP contribution in [-0.4, -0.2) is 6.61 Å². The molecule has 1 nitrogen and oxygen atoms in total. The van der Waals surface area contributed by atoms with E-state index in [9.17, 15) is 8.78 Å². The molecule has 0 spiro atoms. The van der Waals surface area contributed by atoms with Gasteiger partial charge in [0.15, 0.2) is 17.4 Å². The molecule has 0 aromatic heterocycles. The normalized spacial score (nSPS) is 9.50. The average Bonchev–Trinajstić information content (AvgIpc) is 2.04. The Morgan fingerprint density at radius 2 is 2.33 bits per heavy atom. The molecule has 0 atom stereocenters. The van der Waals surface area contributed by atoms with E-state index in [-0.39, 0.29) is 6.61 Å². The number of halogens is 2. The second-order valence-corrected chi connectivity index (χ2v) is 2.07. The summed E-state index contributed by atoms with van der Waals surface area (Å²) in [4.78, 5) is 0. The lowest BCUT2D eigenvalue weighted by Gasteiger charge is -2.04. The fraction of sp³-hybridized carbons (Fsp3) is 0.111. The van der Waals surface area contributed by atoms with Crippen molar-refractivity contribution in [1.29, 1.82) is 0 Å². The molecule has 0 saturated heterocycles. The van der Waals surface area contributed by atoms with Crippen LogP contribution >= 0.6 is 0 Å². The molecule has 0 N–H and O–H groups in total. The lowest BCUT2D eigenvalue weighted by molar-refractivity contribution is 0.320. The smallest absolute Gasteiger partial charge is 0.191 e. The third-order valence-corrected chi connectivity index (χ3v) is 1.20. The van der Waals surface area contributed by atoms with Crippen molar-refractivity contribution in [2.24, 2.45) is 0 Å². The van der Waals surface area contributed by atoms with Gasteiger partial charge in [-0.2, -0.15) is 0 Å². The number of benzene rings is 1. The third-order valence-electron chi connectivity index (χ3n) is 1.20. The van der Waals surface area contributed by atoms with Crippen LogP contribution in [0.3, 0.4) is 0 Å². The van der Waals surface area contributed by atoms with E-state index in [1.807, 2.05) is 0 Å². The van der Waals surface area contributed by atoms with Crippen LogP contribution in [0, 0.1) is 17.7 Å². The van der Waals surface area contributed by atoms with Crippen LogP contribution < -0.4 is 4.74 Å². The van der Waals surface area contributed by atoms with Crippen molar-refractivity contribution in [1.82, 2.24) is 0 Å². The molecule has 1 aromatic carbocycles. The minimum Gasteiger partial charge on any atom is -0.483 e. The number of ether oxygens (including phenoxy) is 1. The Bertz CT molecular complexity index is 264. The van der Waals surface area contributed by atoms with Crippen LogP contribution in [0.1, 0.15) is 0 Å². The predicted molar refractivity (Wildman–Crippen MR) is 40.9 cm³/mol. The summed E-state index contributed by atoms with van der Waals surface area (Å²) in [6, 6.07) is 4.43. The van der Waals surface area contributed by atoms with Crippen molar-refractivity contribution in [3.63, 3.8) is 0 Å². The summed E-state index contributed by atoms with van der Waals surface area (Å²) >= 11 is 0. The highest BCUT2D eigenvalue weighted by molar-refractivity contribution is 5.25. The second-order valence-electron chi connectivity index (χ2n) is 2.07. The first-order valence-corrected chi connectivity index (χ1v) is 3.35. The molecular weight excluding hydrogens is 162 g/mol. The SMILES string of the molecule is C=CCOc1c(F)[c]ccc1F. The molecule has 0 unspecified atom stereocenters. The summed E-state index contributed by atoms with van der Waals surface area (Å²) in [7, 11) is 0. The largest absolute Gasteiger partial charge is 0.483 e. The molecule has 1 aromatic rings. The van der Waals surface area contributed by atoms with Gasteiger partial charge in [-0.1, -0.05) is 12.7 Å². The third kappa shape index (κ3) is 1.81. The maximum absolute atomic E-state index is 12.8. The zero-order valence-electron chi connectivity index (χ0n) is 6.31. The van der Waals surface area contributed by atoms with Crippen LogP contribution in [-0.2, 0) is 0 Å². The minimum absolute atomic E-state index is 0.0751. The van der Waals surface area contributed by atoms with Gasteiger partial charge in [0.2, 0.25) is 0 Å². The molecule has 0 heterocycles. The standard InChI is InChI=1S/C9H7F2O/c1-2-6-12-9-7(10)4-3-5-8(9)11/h2-4H,1,6H2. The van der Waals surface area contributed by atoms with Crippen molar-refractivity contribution in [3.05, 3.63) is 42.5 Å². The van der Waals surface area contributed by atoms with Gasteiger partial charge in [0.1, 0.15) is 6.61 Å². The summed E-state index contributed by atoms with van der Waals surface area (Å²) in [5.74, 6) is -1.96. The van der Waals surface area contributed by atoms with Gasteiger partial charge in [-0.25, -0.2) is 8.78 Å². The predicted octanol–water partition coefficient (Wildman–Crippen LogP) is 2.33. The molecule has 0 fully saturated rings. The second kappa shape index (κ2) is 3.85. The van der Waals surface area contributed by atoms with Gasteiger partial charge in [-0.3, -0.25) is 0 Å². The van der Waals surface area contributed by atoms with Crippen LogP contribution in [0.5, 0.6) is 5.75 Å². The molecule has 0 amide bonds. The molecule has 0 aliphatic heterocycles. The summed E-state index contributed by atoms with van der Waals surface area (Å²) < 4.78 is 30.2. The Labute approximate surface area is 69.3 Å². The summed E-state index contributed by atoms with van der Waals surface area (Å²) in [6.45, 7) is 3.43. The Hall–Kier alpha value is -1.38. The van der Waals surface area contributed by atoms with Gasteiger partial charge in [-0.15, -0.1) is 0 Å². The van der Waals surface area contributed by atoms with Crippen molar-refractivity contribution in [3.8, 4) is 5.75 Å². The van der Waals surface area contributed by atoms with E-state index in [0.29, 0.717) is 0 Å². The van der Waals surface area contributed by atoms with Crippen molar-refractivity contribution in [2.75, 3.05) is 6.61 Å². The maximum Gasteiger partial charge on any atom is 0.191 e. The summed E-state index contributed by atoms with van der Waals surface area (Å²) in [6.07, 6.45) is 1.41. The lowest BCUT2D eigenvalue weighted by atomic mass is 10.3. The Balaban J connectivity index is 2.88. The van der Waals surface area contributed by atoms with Gasteiger partial charge in [0.05, 0.1) is 0 Å². The first kappa shape index (κ1) is 8.71. The zero-order valence-corrected chi connectivity index (χ0v) is 6.31. The quantitative estimate of drug-likeness (QED) is 0.631. The number of rotatable bonds is 3. The highest BCUT2D eigenvalue weighted by Crippen LogP contribution is 2.19. The van der Waals surface area contributed by atoms with E-state index < -0.39 is 17.4 Å². The van der Waals surface area contributed by atoms with Crippen LogP contribution in [0.4, 0.5) is 8.78 Å². The van der Waals surface area contributed by atoms with Crippen LogP contribution in [0.25, 0.3) is 0 Å². The van der Waals surface area contributed by atoms with E-state index in [2.05, 4.69) is 12.6 Å². The van der Waals surface area contributed by atoms with E-state index >= 15 is 0 Å². The van der Waals surface area contributed by atoms with Gasteiger partial charge in [0, 0.05) is 6.07 Å². The summed E-state index contributed by atoms with van der Waals surface area (Å²) in [5.41, 5.74) is 0. The zero-order chi connectivity index (χ0) is 8.97. The fourth-order valence-electron chi connectivity index (χ4n) is 0.709. The molecule has 1 radical (unpaired) electrons. The highest BCUT2D eigenvalue weighted by atomic mass is 19.1. The summed E-state index contributed by atoms with van der Waals surface area (Å²) in [5, 5.41) is 0. The van der Waals surface area contributed by atoms with E-state index in [1.54, 1.807) is 0 Å².